The number of carbonyl (C=O) groups is 1. The van der Waals surface area contributed by atoms with Gasteiger partial charge in [0.1, 0.15) is 0 Å². The van der Waals surface area contributed by atoms with Crippen LogP contribution in [0.1, 0.15) is 36.3 Å². The van der Waals surface area contributed by atoms with E-state index in [0.29, 0.717) is 24.0 Å². The van der Waals surface area contributed by atoms with E-state index in [1.807, 2.05) is 31.2 Å². The fraction of sp³-hybridized carbons (Fsp3) is 0.417. The van der Waals surface area contributed by atoms with E-state index in [2.05, 4.69) is 28.4 Å². The maximum Gasteiger partial charge on any atom is 0.237 e. The van der Waals surface area contributed by atoms with E-state index in [-0.39, 0.29) is 11.9 Å². The molecule has 1 aromatic heterocycles. The topological polar surface area (TPSA) is 63.7 Å². The number of nitrogens with one attached hydrogen (secondary N) is 1. The Morgan fingerprint density at radius 1 is 1.16 bits per heavy atom. The summed E-state index contributed by atoms with van der Waals surface area (Å²) in [5.41, 5.74) is 2.07. The highest BCUT2D eigenvalue weighted by molar-refractivity contribution is 7.18. The number of amides is 1. The van der Waals surface area contributed by atoms with E-state index in [1.165, 1.54) is 9.71 Å². The van der Waals surface area contributed by atoms with Crippen molar-refractivity contribution in [2.45, 2.75) is 38.3 Å². The number of fused-ring (bicyclic) bond motifs is 1. The Kier molecular flexibility index (Phi) is 6.73. The highest BCUT2D eigenvalue weighted by Gasteiger charge is 2.28. The number of piperidine rings is 1. The van der Waals surface area contributed by atoms with Gasteiger partial charge in [-0.1, -0.05) is 18.2 Å². The number of benzene rings is 2. The maximum absolute atomic E-state index is 12.7. The van der Waals surface area contributed by atoms with Gasteiger partial charge in [-0.15, -0.1) is 11.3 Å². The number of hydrogen-bond acceptors (Lipinski definition) is 6. The largest absolute Gasteiger partial charge is 0.493 e. The molecule has 2 aromatic carbocycles. The fourth-order valence-electron chi connectivity index (χ4n) is 4.09. The van der Waals surface area contributed by atoms with Crippen molar-refractivity contribution in [1.29, 1.82) is 0 Å². The lowest BCUT2D eigenvalue weighted by Crippen LogP contribution is -2.47. The Labute approximate surface area is 187 Å². The number of rotatable bonds is 7. The zero-order chi connectivity index (χ0) is 21.8. The summed E-state index contributed by atoms with van der Waals surface area (Å²) in [4.78, 5) is 19.8. The predicted molar refractivity (Wildman–Crippen MR) is 124 cm³/mol. The van der Waals surface area contributed by atoms with Crippen LogP contribution in [-0.2, 0) is 11.3 Å². The Morgan fingerprint density at radius 2 is 1.90 bits per heavy atom. The number of likely N-dealkylation sites (tertiary alicyclic amines) is 1. The third-order valence-electron chi connectivity index (χ3n) is 6.03. The van der Waals surface area contributed by atoms with Crippen LogP contribution in [0, 0.1) is 0 Å². The second kappa shape index (κ2) is 9.66. The molecule has 1 amide bonds. The van der Waals surface area contributed by atoms with Crippen LogP contribution in [0.3, 0.4) is 0 Å². The molecule has 7 heteroatoms. The number of carbonyl (C=O) groups excluding carboxylic acids is 1. The number of nitrogens with zero attached hydrogens (tertiary/aromatic N) is 2. The van der Waals surface area contributed by atoms with Crippen LogP contribution in [0.4, 0.5) is 0 Å². The summed E-state index contributed by atoms with van der Waals surface area (Å²) in [6.45, 7) is 4.27. The molecule has 31 heavy (non-hydrogen) atoms. The number of hydrogen-bond donors (Lipinski definition) is 1. The van der Waals surface area contributed by atoms with Crippen LogP contribution in [0.2, 0.25) is 0 Å². The van der Waals surface area contributed by atoms with Gasteiger partial charge in [0.25, 0.3) is 0 Å². The second-order valence-corrected chi connectivity index (χ2v) is 8.98. The molecule has 2 heterocycles. The number of para-hydroxylation sites is 1. The van der Waals surface area contributed by atoms with E-state index in [0.717, 1.165) is 37.0 Å². The van der Waals surface area contributed by atoms with E-state index in [4.69, 9.17) is 14.5 Å². The molecule has 0 aliphatic carbocycles. The van der Waals surface area contributed by atoms with Crippen molar-refractivity contribution in [2.24, 2.45) is 0 Å². The van der Waals surface area contributed by atoms with Crippen LogP contribution in [0.25, 0.3) is 10.2 Å². The monoisotopic (exact) mass is 439 g/mol. The molecule has 3 aromatic rings. The molecule has 1 atom stereocenters. The number of methoxy groups -OCH3 is 2. The van der Waals surface area contributed by atoms with Crippen LogP contribution in [0.15, 0.2) is 42.5 Å². The molecule has 1 unspecified atom stereocenters. The first-order chi connectivity index (χ1) is 15.1. The lowest BCUT2D eigenvalue weighted by Gasteiger charge is -2.34. The minimum atomic E-state index is -0.156. The summed E-state index contributed by atoms with van der Waals surface area (Å²) >= 11 is 1.80. The molecular weight excluding hydrogens is 410 g/mol. The molecule has 0 saturated carbocycles. The lowest BCUT2D eigenvalue weighted by molar-refractivity contribution is -0.126. The Balaban J connectivity index is 1.30. The Bertz CT molecular complexity index is 1010. The molecule has 164 valence electrons. The number of ether oxygens (including phenoxy) is 2. The van der Waals surface area contributed by atoms with Crippen LogP contribution >= 0.6 is 11.3 Å². The number of aromatic nitrogens is 1. The molecule has 1 N–H and O–H groups in total. The molecular formula is C24H29N3O3S. The summed E-state index contributed by atoms with van der Waals surface area (Å²) < 4.78 is 11.9. The van der Waals surface area contributed by atoms with E-state index in [9.17, 15) is 4.79 Å². The average Bonchev–Trinajstić information content (AvgIpc) is 3.26. The van der Waals surface area contributed by atoms with Crippen molar-refractivity contribution < 1.29 is 14.3 Å². The van der Waals surface area contributed by atoms with Gasteiger partial charge < -0.3 is 14.8 Å². The summed E-state index contributed by atoms with van der Waals surface area (Å²) in [5.74, 6) is 1.88. The first-order valence-corrected chi connectivity index (χ1v) is 11.5. The maximum atomic E-state index is 12.7. The van der Waals surface area contributed by atoms with Crippen LogP contribution in [0.5, 0.6) is 11.5 Å². The highest BCUT2D eigenvalue weighted by atomic mass is 32.1. The van der Waals surface area contributed by atoms with Crippen molar-refractivity contribution in [3.05, 3.63) is 53.0 Å². The fourth-order valence-corrected chi connectivity index (χ4v) is 5.23. The van der Waals surface area contributed by atoms with Crippen molar-refractivity contribution in [3.8, 4) is 11.5 Å². The minimum Gasteiger partial charge on any atom is -0.493 e. The zero-order valence-electron chi connectivity index (χ0n) is 18.3. The third kappa shape index (κ3) is 4.83. The van der Waals surface area contributed by atoms with Crippen molar-refractivity contribution in [3.63, 3.8) is 0 Å². The highest BCUT2D eigenvalue weighted by Crippen LogP contribution is 2.34. The molecule has 1 saturated heterocycles. The van der Waals surface area contributed by atoms with Gasteiger partial charge in [0.05, 0.1) is 35.5 Å². The number of thiazole rings is 1. The Morgan fingerprint density at radius 3 is 2.61 bits per heavy atom. The molecule has 1 aliphatic heterocycles. The van der Waals surface area contributed by atoms with Gasteiger partial charge in [0.15, 0.2) is 11.5 Å². The molecule has 0 bridgehead atoms. The van der Waals surface area contributed by atoms with Crippen molar-refractivity contribution in [2.75, 3.05) is 27.3 Å². The molecule has 1 fully saturated rings. The normalized spacial score (nSPS) is 16.2. The molecule has 0 radical (unpaired) electrons. The van der Waals surface area contributed by atoms with Crippen LogP contribution in [-0.4, -0.2) is 49.1 Å². The van der Waals surface area contributed by atoms with E-state index in [1.54, 1.807) is 25.6 Å². The summed E-state index contributed by atoms with van der Waals surface area (Å²) in [5, 5.41) is 4.29. The average molecular weight is 440 g/mol. The van der Waals surface area contributed by atoms with Crippen molar-refractivity contribution in [1.82, 2.24) is 15.2 Å². The third-order valence-corrected chi connectivity index (χ3v) is 7.23. The lowest BCUT2D eigenvalue weighted by atomic mass is 9.96. The van der Waals surface area contributed by atoms with Gasteiger partial charge >= 0.3 is 0 Å². The second-order valence-electron chi connectivity index (χ2n) is 7.91. The quantitative estimate of drug-likeness (QED) is 0.598. The van der Waals surface area contributed by atoms with E-state index < -0.39 is 0 Å². The molecule has 0 spiro atoms. The van der Waals surface area contributed by atoms with Gasteiger partial charge in [-0.25, -0.2) is 4.98 Å². The van der Waals surface area contributed by atoms with Crippen molar-refractivity contribution >= 4 is 27.5 Å². The van der Waals surface area contributed by atoms with Gasteiger partial charge in [-0.2, -0.15) is 0 Å². The molecule has 1 aliphatic rings. The van der Waals surface area contributed by atoms with Gasteiger partial charge in [-0.3, -0.25) is 9.69 Å². The molecule has 4 rings (SSSR count). The summed E-state index contributed by atoms with van der Waals surface area (Å²) in [7, 11) is 3.22. The van der Waals surface area contributed by atoms with Gasteiger partial charge in [0, 0.05) is 12.5 Å². The van der Waals surface area contributed by atoms with Gasteiger partial charge in [0.2, 0.25) is 5.91 Å². The van der Waals surface area contributed by atoms with Gasteiger partial charge in [-0.05, 0) is 62.7 Å². The smallest absolute Gasteiger partial charge is 0.237 e. The van der Waals surface area contributed by atoms with E-state index >= 15 is 0 Å². The predicted octanol–water partition coefficient (Wildman–Crippen LogP) is 4.20. The standard InChI is InChI=1S/C24H29N3O3S/c1-16(23(28)25-15-17-8-9-20(29-2)21(14-17)30-3)27-12-10-18(11-13-27)24-26-19-6-4-5-7-22(19)31-24/h4-9,14,16,18H,10-13,15H2,1-3H3,(H,25,28). The first-order valence-electron chi connectivity index (χ1n) is 10.7. The first kappa shape index (κ1) is 21.6. The zero-order valence-corrected chi connectivity index (χ0v) is 19.1. The Hall–Kier alpha value is -2.64. The summed E-state index contributed by atoms with van der Waals surface area (Å²) in [6.07, 6.45) is 2.07. The minimum absolute atomic E-state index is 0.0493. The SMILES string of the molecule is COc1ccc(CNC(=O)C(C)N2CCC(c3nc4ccccc4s3)CC2)cc1OC. The molecule has 6 nitrogen and oxygen atoms in total. The summed E-state index contributed by atoms with van der Waals surface area (Å²) in [6, 6.07) is 13.9. The van der Waals surface area contributed by atoms with Crippen LogP contribution < -0.4 is 14.8 Å².